The van der Waals surface area contributed by atoms with Crippen molar-refractivity contribution in [1.29, 1.82) is 0 Å². The van der Waals surface area contributed by atoms with Crippen molar-refractivity contribution in [2.45, 2.75) is 6.42 Å². The van der Waals surface area contributed by atoms with Gasteiger partial charge in [-0.05, 0) is 59.4 Å². The van der Waals surface area contributed by atoms with Crippen LogP contribution in [0.3, 0.4) is 0 Å². The summed E-state index contributed by atoms with van der Waals surface area (Å²) in [6.45, 7) is 2.11. The van der Waals surface area contributed by atoms with Gasteiger partial charge in [0.05, 0.1) is 21.3 Å². The van der Waals surface area contributed by atoms with Gasteiger partial charge in [-0.3, -0.25) is 0 Å². The molecule has 2 aliphatic rings. The van der Waals surface area contributed by atoms with E-state index in [1.165, 1.54) is 22.3 Å². The first kappa shape index (κ1) is 19.6. The molecular formula is C22H26ClNO3. The molecule has 1 unspecified atom stereocenters. The molecular weight excluding hydrogens is 362 g/mol. The van der Waals surface area contributed by atoms with Gasteiger partial charge in [0.25, 0.3) is 0 Å². The number of fused-ring (bicyclic) bond motifs is 2. The lowest BCUT2D eigenvalue weighted by Gasteiger charge is -2.27. The number of hydrogen-bond acceptors (Lipinski definition) is 4. The van der Waals surface area contributed by atoms with Crippen molar-refractivity contribution < 1.29 is 14.2 Å². The van der Waals surface area contributed by atoms with Gasteiger partial charge >= 0.3 is 0 Å². The molecule has 0 saturated carbocycles. The Bertz CT molecular complexity index is 853. The predicted molar refractivity (Wildman–Crippen MR) is 111 cm³/mol. The Morgan fingerprint density at radius 2 is 1.63 bits per heavy atom. The van der Waals surface area contributed by atoms with Crippen LogP contribution < -0.4 is 14.2 Å². The van der Waals surface area contributed by atoms with E-state index in [1.807, 2.05) is 0 Å². The zero-order chi connectivity index (χ0) is 18.3. The van der Waals surface area contributed by atoms with Crippen molar-refractivity contribution in [3.05, 3.63) is 58.7 Å². The third-order valence-electron chi connectivity index (χ3n) is 5.49. The molecule has 4 rings (SSSR count). The standard InChI is InChI=1S/C22H25NO3.ClH/c1-23-12-16-9-14-7-5-6-8-17(14)21(18(16)13-23)15-10-19(24-2)22(26-4)20(11-15)25-3;/h5-8,10-11,16H,9,12-13H2,1-4H3;1H. The van der Waals surface area contributed by atoms with Crippen molar-refractivity contribution in [3.63, 3.8) is 0 Å². The number of methoxy groups -OCH3 is 3. The quantitative estimate of drug-likeness (QED) is 0.791. The van der Waals surface area contributed by atoms with E-state index in [9.17, 15) is 0 Å². The highest BCUT2D eigenvalue weighted by Gasteiger charge is 2.34. The molecule has 1 aliphatic heterocycles. The first-order chi connectivity index (χ1) is 12.7. The van der Waals surface area contributed by atoms with Crippen molar-refractivity contribution >= 4 is 18.0 Å². The maximum Gasteiger partial charge on any atom is 0.203 e. The van der Waals surface area contributed by atoms with E-state index in [1.54, 1.807) is 21.3 Å². The third kappa shape index (κ3) is 3.28. The van der Waals surface area contributed by atoms with Gasteiger partial charge in [0, 0.05) is 13.1 Å². The fraction of sp³-hybridized carbons (Fsp3) is 0.364. The van der Waals surface area contributed by atoms with E-state index in [4.69, 9.17) is 14.2 Å². The van der Waals surface area contributed by atoms with Gasteiger partial charge in [-0.1, -0.05) is 24.3 Å². The summed E-state index contributed by atoms with van der Waals surface area (Å²) in [4.78, 5) is 2.41. The van der Waals surface area contributed by atoms with Crippen LogP contribution in [0.1, 0.15) is 16.7 Å². The lowest BCUT2D eigenvalue weighted by molar-refractivity contribution is 0.324. The number of halogens is 1. The number of likely N-dealkylation sites (N-methyl/N-ethyl adjacent to an activating group) is 1. The van der Waals surface area contributed by atoms with Crippen LogP contribution in [0.25, 0.3) is 5.57 Å². The zero-order valence-corrected chi connectivity index (χ0v) is 17.1. The number of ether oxygens (including phenoxy) is 3. The van der Waals surface area contributed by atoms with Gasteiger partial charge < -0.3 is 19.1 Å². The van der Waals surface area contributed by atoms with E-state index in [0.29, 0.717) is 23.2 Å². The second kappa shape index (κ2) is 7.83. The van der Waals surface area contributed by atoms with Crippen LogP contribution in [0, 0.1) is 5.92 Å². The summed E-state index contributed by atoms with van der Waals surface area (Å²) < 4.78 is 16.7. The lowest BCUT2D eigenvalue weighted by Crippen LogP contribution is -2.17. The molecule has 1 saturated heterocycles. The van der Waals surface area contributed by atoms with Crippen molar-refractivity contribution in [3.8, 4) is 17.2 Å². The second-order valence-corrected chi connectivity index (χ2v) is 7.07. The molecule has 0 N–H and O–H groups in total. The lowest BCUT2D eigenvalue weighted by atomic mass is 9.77. The topological polar surface area (TPSA) is 30.9 Å². The Labute approximate surface area is 167 Å². The molecule has 144 valence electrons. The minimum atomic E-state index is 0. The van der Waals surface area contributed by atoms with Crippen LogP contribution >= 0.6 is 12.4 Å². The molecule has 0 amide bonds. The van der Waals surface area contributed by atoms with Gasteiger partial charge in [0.1, 0.15) is 0 Å². The summed E-state index contributed by atoms with van der Waals surface area (Å²) >= 11 is 0. The summed E-state index contributed by atoms with van der Waals surface area (Å²) in [5.74, 6) is 2.60. The van der Waals surface area contributed by atoms with Crippen LogP contribution in [0.4, 0.5) is 0 Å². The maximum atomic E-state index is 5.59. The average Bonchev–Trinajstić information content (AvgIpc) is 3.04. The fourth-order valence-electron chi connectivity index (χ4n) is 4.39. The summed E-state index contributed by atoms with van der Waals surface area (Å²) in [6, 6.07) is 12.9. The molecule has 1 atom stereocenters. The number of rotatable bonds is 4. The molecule has 27 heavy (non-hydrogen) atoms. The zero-order valence-electron chi connectivity index (χ0n) is 16.2. The Balaban J connectivity index is 0.00000210. The molecule has 1 heterocycles. The molecule has 0 bridgehead atoms. The van der Waals surface area contributed by atoms with Gasteiger partial charge in [-0.15, -0.1) is 12.4 Å². The summed E-state index contributed by atoms with van der Waals surface area (Å²) in [6.07, 6.45) is 1.11. The summed E-state index contributed by atoms with van der Waals surface area (Å²) in [7, 11) is 7.17. The van der Waals surface area contributed by atoms with Gasteiger partial charge in [0.15, 0.2) is 11.5 Å². The molecule has 5 heteroatoms. The Morgan fingerprint density at radius 1 is 0.963 bits per heavy atom. The fourth-order valence-corrected chi connectivity index (χ4v) is 4.39. The van der Waals surface area contributed by atoms with E-state index in [-0.39, 0.29) is 12.4 Å². The molecule has 0 aromatic heterocycles. The van der Waals surface area contributed by atoms with E-state index in [2.05, 4.69) is 48.3 Å². The first-order valence-corrected chi connectivity index (χ1v) is 8.96. The molecule has 1 fully saturated rings. The van der Waals surface area contributed by atoms with Gasteiger partial charge in [0.2, 0.25) is 5.75 Å². The highest BCUT2D eigenvalue weighted by atomic mass is 35.5. The Kier molecular flexibility index (Phi) is 5.68. The Hall–Kier alpha value is -2.17. The van der Waals surface area contributed by atoms with Crippen molar-refractivity contribution in [2.75, 3.05) is 41.5 Å². The number of hydrogen-bond donors (Lipinski definition) is 0. The smallest absolute Gasteiger partial charge is 0.203 e. The average molecular weight is 388 g/mol. The normalized spacial score (nSPS) is 18.4. The van der Waals surface area contributed by atoms with Crippen LogP contribution in [0.5, 0.6) is 17.2 Å². The van der Waals surface area contributed by atoms with Crippen LogP contribution in [-0.4, -0.2) is 46.4 Å². The van der Waals surface area contributed by atoms with E-state index < -0.39 is 0 Å². The SMILES string of the molecule is COc1cc(C2=C3CN(C)CC3Cc3ccccc32)cc(OC)c1OC.Cl. The predicted octanol–water partition coefficient (Wildman–Crippen LogP) is 4.05. The van der Waals surface area contributed by atoms with E-state index >= 15 is 0 Å². The number of benzene rings is 2. The molecule has 2 aromatic rings. The molecule has 4 nitrogen and oxygen atoms in total. The van der Waals surface area contributed by atoms with Crippen molar-refractivity contribution in [1.82, 2.24) is 4.90 Å². The third-order valence-corrected chi connectivity index (χ3v) is 5.49. The molecule has 0 spiro atoms. The number of likely N-dealkylation sites (tertiary alicyclic amines) is 1. The minimum Gasteiger partial charge on any atom is -0.493 e. The Morgan fingerprint density at radius 3 is 2.26 bits per heavy atom. The largest absolute Gasteiger partial charge is 0.493 e. The number of nitrogens with zero attached hydrogens (tertiary/aromatic N) is 1. The highest BCUT2D eigenvalue weighted by molar-refractivity contribution is 5.87. The minimum absolute atomic E-state index is 0. The second-order valence-electron chi connectivity index (χ2n) is 7.07. The molecule has 0 radical (unpaired) electrons. The van der Waals surface area contributed by atoms with Crippen LogP contribution in [0.2, 0.25) is 0 Å². The summed E-state index contributed by atoms with van der Waals surface area (Å²) in [5, 5.41) is 0. The van der Waals surface area contributed by atoms with Crippen LogP contribution in [-0.2, 0) is 6.42 Å². The molecule has 1 aliphatic carbocycles. The monoisotopic (exact) mass is 387 g/mol. The molecule has 2 aromatic carbocycles. The van der Waals surface area contributed by atoms with Gasteiger partial charge in [-0.2, -0.15) is 0 Å². The van der Waals surface area contributed by atoms with E-state index in [0.717, 1.165) is 25.1 Å². The van der Waals surface area contributed by atoms with Gasteiger partial charge in [-0.25, -0.2) is 0 Å². The van der Waals surface area contributed by atoms with Crippen molar-refractivity contribution in [2.24, 2.45) is 5.92 Å². The highest BCUT2D eigenvalue weighted by Crippen LogP contribution is 2.46. The summed E-state index contributed by atoms with van der Waals surface area (Å²) in [5.41, 5.74) is 6.70. The first-order valence-electron chi connectivity index (χ1n) is 8.96. The maximum absolute atomic E-state index is 5.59. The van der Waals surface area contributed by atoms with Crippen LogP contribution in [0.15, 0.2) is 42.0 Å².